The number of hydrogen-bond acceptors (Lipinski definition) is 6. The van der Waals surface area contributed by atoms with E-state index in [0.717, 1.165) is 30.9 Å². The lowest BCUT2D eigenvalue weighted by atomic mass is 9.91. The van der Waals surface area contributed by atoms with Gasteiger partial charge >= 0.3 is 0 Å². The molecule has 184 valence electrons. The number of benzene rings is 1. The summed E-state index contributed by atoms with van der Waals surface area (Å²) in [4.78, 5) is 30.9. The van der Waals surface area contributed by atoms with Crippen LogP contribution in [0.3, 0.4) is 0 Å². The number of anilines is 2. The van der Waals surface area contributed by atoms with E-state index in [1.165, 1.54) is 11.1 Å². The van der Waals surface area contributed by atoms with Gasteiger partial charge in [-0.25, -0.2) is 19.2 Å². The predicted molar refractivity (Wildman–Crippen MR) is 141 cm³/mol. The first-order chi connectivity index (χ1) is 17.2. The molecule has 1 aliphatic heterocycles. The number of hydrogen-bond donors (Lipinski definition) is 2. The molecule has 4 aromatic rings. The first-order valence-corrected chi connectivity index (χ1v) is 12.2. The van der Waals surface area contributed by atoms with Crippen molar-refractivity contribution in [2.45, 2.75) is 59.0 Å². The van der Waals surface area contributed by atoms with Crippen LogP contribution >= 0.6 is 0 Å². The predicted octanol–water partition coefficient (Wildman–Crippen LogP) is 4.80. The zero-order chi connectivity index (χ0) is 25.6. The molecular formula is C27H30N8O. The molecule has 0 bridgehead atoms. The Morgan fingerprint density at radius 2 is 1.94 bits per heavy atom. The second kappa shape index (κ2) is 8.88. The minimum absolute atomic E-state index is 0.165. The number of rotatable bonds is 4. The largest absolute Gasteiger partial charge is 0.324 e. The van der Waals surface area contributed by atoms with Crippen LogP contribution in [0.15, 0.2) is 41.5 Å². The normalized spacial score (nSPS) is 13.6. The molecule has 9 nitrogen and oxygen atoms in total. The molecule has 0 saturated carbocycles. The van der Waals surface area contributed by atoms with Crippen molar-refractivity contribution in [3.63, 3.8) is 0 Å². The van der Waals surface area contributed by atoms with Gasteiger partial charge < -0.3 is 10.6 Å². The van der Waals surface area contributed by atoms with E-state index in [9.17, 15) is 4.79 Å². The van der Waals surface area contributed by atoms with Gasteiger partial charge in [-0.1, -0.05) is 26.8 Å². The number of pyridine rings is 1. The molecule has 1 aliphatic rings. The molecule has 1 aromatic carbocycles. The summed E-state index contributed by atoms with van der Waals surface area (Å²) < 4.78 is 3.38. The van der Waals surface area contributed by atoms with Gasteiger partial charge in [-0.2, -0.15) is 4.98 Å². The summed E-state index contributed by atoms with van der Waals surface area (Å²) in [5.74, 6) is 0.389. The highest BCUT2D eigenvalue weighted by Crippen LogP contribution is 2.31. The summed E-state index contributed by atoms with van der Waals surface area (Å²) in [6.07, 6.45) is 4.11. The average Bonchev–Trinajstić information content (AvgIpc) is 3.14. The van der Waals surface area contributed by atoms with E-state index >= 15 is 0 Å². The van der Waals surface area contributed by atoms with E-state index in [-0.39, 0.29) is 17.0 Å². The van der Waals surface area contributed by atoms with Gasteiger partial charge in [-0.3, -0.25) is 9.78 Å². The Balaban J connectivity index is 1.69. The lowest BCUT2D eigenvalue weighted by molar-refractivity contribution is 0.475. The maximum Gasteiger partial charge on any atom is 0.278 e. The minimum Gasteiger partial charge on any atom is -0.324 e. The Morgan fingerprint density at radius 3 is 2.67 bits per heavy atom. The van der Waals surface area contributed by atoms with Crippen molar-refractivity contribution in [3.05, 3.63) is 75.3 Å². The van der Waals surface area contributed by atoms with Gasteiger partial charge in [-0.15, -0.1) is 0 Å². The number of nitrogens with one attached hydrogen (secondary N) is 2. The maximum atomic E-state index is 13.4. The Kier molecular flexibility index (Phi) is 5.85. The van der Waals surface area contributed by atoms with E-state index in [1.54, 1.807) is 21.8 Å². The molecule has 0 fully saturated rings. The number of nitrogens with zero attached hydrogens (tertiary/aromatic N) is 6. The molecular weight excluding hydrogens is 452 g/mol. The Labute approximate surface area is 210 Å². The summed E-state index contributed by atoms with van der Waals surface area (Å²) in [6.45, 7) is 19.7. The summed E-state index contributed by atoms with van der Waals surface area (Å²) in [5, 5.41) is 7.09. The third-order valence-electron chi connectivity index (χ3n) is 6.44. The highest BCUT2D eigenvalue weighted by atomic mass is 16.1. The summed E-state index contributed by atoms with van der Waals surface area (Å²) in [5.41, 5.74) is 5.27. The zero-order valence-corrected chi connectivity index (χ0v) is 21.3. The second-order valence-electron chi connectivity index (χ2n) is 10.4. The molecule has 0 radical (unpaired) electrons. The average molecular weight is 483 g/mol. The summed E-state index contributed by atoms with van der Waals surface area (Å²) in [6, 6.07) is 7.98. The smallest absolute Gasteiger partial charge is 0.278 e. The monoisotopic (exact) mass is 482 g/mol. The second-order valence-corrected chi connectivity index (χ2v) is 10.4. The van der Waals surface area contributed by atoms with Crippen LogP contribution in [0.2, 0.25) is 0 Å². The van der Waals surface area contributed by atoms with Gasteiger partial charge in [0.05, 0.1) is 12.3 Å². The van der Waals surface area contributed by atoms with Gasteiger partial charge in [0.2, 0.25) is 11.6 Å². The molecule has 0 saturated heterocycles. The molecule has 0 aliphatic carbocycles. The third kappa shape index (κ3) is 4.14. The summed E-state index contributed by atoms with van der Waals surface area (Å²) >= 11 is 0. The van der Waals surface area contributed by atoms with E-state index < -0.39 is 0 Å². The maximum absolute atomic E-state index is 13.4. The molecule has 5 rings (SSSR count). The van der Waals surface area contributed by atoms with Crippen LogP contribution in [0.25, 0.3) is 21.6 Å². The van der Waals surface area contributed by atoms with Crippen LogP contribution in [0.1, 0.15) is 57.5 Å². The molecule has 36 heavy (non-hydrogen) atoms. The fraction of sp³-hybridized carbons (Fsp3) is 0.370. The van der Waals surface area contributed by atoms with Crippen molar-refractivity contribution in [2.75, 3.05) is 11.9 Å². The topological polar surface area (TPSA) is 94.0 Å². The van der Waals surface area contributed by atoms with Crippen molar-refractivity contribution in [1.29, 1.82) is 0 Å². The van der Waals surface area contributed by atoms with Crippen LogP contribution in [-0.2, 0) is 18.4 Å². The highest BCUT2D eigenvalue weighted by molar-refractivity contribution is 5.79. The zero-order valence-electron chi connectivity index (χ0n) is 21.3. The standard InChI is InChI=1S/C27H30N8O/c1-16(2)34-25(36)20-14-31-26(32-19-8-7-18-13-29-10-9-17(18)11-19)33-24(20)35(34)22-12-23(27(3,4)5)30-15-21(22)28-6/h7-8,11-12,14-16,29H,9-10,13H2,1-5H3,(H,31,32,33). The van der Waals surface area contributed by atoms with Gasteiger partial charge in [-0.05, 0) is 56.1 Å². The van der Waals surface area contributed by atoms with Gasteiger partial charge in [0, 0.05) is 41.8 Å². The molecule has 0 atom stereocenters. The molecule has 9 heteroatoms. The first-order valence-electron chi connectivity index (χ1n) is 12.2. The Morgan fingerprint density at radius 1 is 1.14 bits per heavy atom. The highest BCUT2D eigenvalue weighted by Gasteiger charge is 2.24. The Bertz CT molecular complexity index is 1570. The molecule has 0 unspecified atom stereocenters. The van der Waals surface area contributed by atoms with Crippen molar-refractivity contribution < 1.29 is 0 Å². The molecule has 3 aromatic heterocycles. The Hall–Kier alpha value is -4.03. The van der Waals surface area contributed by atoms with Crippen molar-refractivity contribution >= 4 is 28.4 Å². The minimum atomic E-state index is -0.231. The quantitative estimate of drug-likeness (QED) is 0.406. The van der Waals surface area contributed by atoms with Crippen LogP contribution in [0, 0.1) is 6.57 Å². The van der Waals surface area contributed by atoms with Crippen LogP contribution in [0.5, 0.6) is 0 Å². The lowest BCUT2D eigenvalue weighted by Gasteiger charge is -2.21. The van der Waals surface area contributed by atoms with E-state index in [2.05, 4.69) is 58.4 Å². The van der Waals surface area contributed by atoms with E-state index in [0.29, 0.717) is 28.4 Å². The van der Waals surface area contributed by atoms with E-state index in [4.69, 9.17) is 11.6 Å². The SMILES string of the molecule is [C-]#[N+]c1cnc(C(C)(C)C)cc1-n1c2nc(Nc3ccc4c(c3)CCNC4)ncc2c(=O)n1C(C)C. The summed E-state index contributed by atoms with van der Waals surface area (Å²) in [7, 11) is 0. The van der Waals surface area contributed by atoms with Gasteiger partial charge in [0.25, 0.3) is 5.56 Å². The van der Waals surface area contributed by atoms with E-state index in [1.807, 2.05) is 26.0 Å². The third-order valence-corrected chi connectivity index (χ3v) is 6.44. The van der Waals surface area contributed by atoms with Crippen molar-refractivity contribution in [2.24, 2.45) is 0 Å². The van der Waals surface area contributed by atoms with Crippen LogP contribution in [0.4, 0.5) is 17.3 Å². The molecule has 0 amide bonds. The number of fused-ring (bicyclic) bond motifs is 2. The van der Waals surface area contributed by atoms with Crippen molar-refractivity contribution in [1.82, 2.24) is 29.6 Å². The molecule has 2 N–H and O–H groups in total. The van der Waals surface area contributed by atoms with Gasteiger partial charge in [0.1, 0.15) is 5.39 Å². The molecule has 0 spiro atoms. The lowest BCUT2D eigenvalue weighted by Crippen LogP contribution is -2.24. The van der Waals surface area contributed by atoms with Crippen LogP contribution in [-0.4, -0.2) is 30.9 Å². The number of aromatic nitrogens is 5. The fourth-order valence-electron chi connectivity index (χ4n) is 4.54. The van der Waals surface area contributed by atoms with Gasteiger partial charge in [0.15, 0.2) is 5.65 Å². The van der Waals surface area contributed by atoms with Crippen molar-refractivity contribution in [3.8, 4) is 5.69 Å². The fourth-order valence-corrected chi connectivity index (χ4v) is 4.54. The first kappa shape index (κ1) is 23.7. The molecule has 4 heterocycles. The van der Waals surface area contributed by atoms with Crippen LogP contribution < -0.4 is 16.2 Å².